The third kappa shape index (κ3) is 5.74. The number of fused-ring (bicyclic) bond motifs is 1. The number of benzene rings is 1. The van der Waals surface area contributed by atoms with Crippen molar-refractivity contribution in [2.75, 3.05) is 18.4 Å². The molecule has 2 aromatic heterocycles. The molecule has 5 rings (SSSR count). The molecule has 0 radical (unpaired) electrons. The highest BCUT2D eigenvalue weighted by atomic mass is 16.6. The summed E-state index contributed by atoms with van der Waals surface area (Å²) in [6.45, 7) is 8.96. The molecule has 1 atom stereocenters. The summed E-state index contributed by atoms with van der Waals surface area (Å²) in [5, 5.41) is 14.6. The number of aliphatic hydroxyl groups is 1. The summed E-state index contributed by atoms with van der Waals surface area (Å²) in [4.78, 5) is 27.4. The third-order valence-electron chi connectivity index (χ3n) is 7.52. The van der Waals surface area contributed by atoms with Crippen LogP contribution in [0.5, 0.6) is 0 Å². The zero-order chi connectivity index (χ0) is 26.2. The van der Waals surface area contributed by atoms with E-state index in [1.54, 1.807) is 4.90 Å². The second-order valence-corrected chi connectivity index (χ2v) is 11.6. The number of aromatic nitrogens is 3. The van der Waals surface area contributed by atoms with E-state index in [2.05, 4.69) is 39.7 Å². The van der Waals surface area contributed by atoms with Crippen LogP contribution >= 0.6 is 0 Å². The first kappa shape index (κ1) is 25.5. The van der Waals surface area contributed by atoms with E-state index in [0.717, 1.165) is 66.2 Å². The smallest absolute Gasteiger partial charge is 0.410 e. The molecule has 37 heavy (non-hydrogen) atoms. The highest BCUT2D eigenvalue weighted by Crippen LogP contribution is 2.39. The minimum absolute atomic E-state index is 0.0630. The van der Waals surface area contributed by atoms with Gasteiger partial charge in [-0.15, -0.1) is 0 Å². The fraction of sp³-hybridized carbons (Fsp3) is 0.552. The van der Waals surface area contributed by atoms with E-state index < -0.39 is 5.60 Å². The van der Waals surface area contributed by atoms with Crippen molar-refractivity contribution in [1.29, 1.82) is 0 Å². The van der Waals surface area contributed by atoms with Crippen molar-refractivity contribution in [2.24, 2.45) is 0 Å². The number of hydrogen-bond donors (Lipinski definition) is 3. The van der Waals surface area contributed by atoms with Crippen LogP contribution in [0.4, 0.5) is 10.7 Å². The molecule has 1 saturated heterocycles. The van der Waals surface area contributed by atoms with E-state index in [4.69, 9.17) is 9.72 Å². The predicted octanol–water partition coefficient (Wildman–Crippen LogP) is 5.76. The maximum Gasteiger partial charge on any atom is 0.410 e. The number of anilines is 1. The minimum Gasteiger partial charge on any atom is -0.444 e. The Balaban J connectivity index is 1.36. The number of carbonyl (C=O) groups is 1. The largest absolute Gasteiger partial charge is 0.444 e. The molecule has 1 aliphatic carbocycles. The number of rotatable bonds is 4. The van der Waals surface area contributed by atoms with Gasteiger partial charge in [-0.1, -0.05) is 18.2 Å². The molecular weight excluding hydrogens is 466 g/mol. The lowest BCUT2D eigenvalue weighted by Crippen LogP contribution is -2.47. The Bertz CT molecular complexity index is 1260. The van der Waals surface area contributed by atoms with Crippen LogP contribution in [0.2, 0.25) is 0 Å². The molecule has 1 saturated carbocycles. The Labute approximate surface area is 218 Å². The van der Waals surface area contributed by atoms with Crippen molar-refractivity contribution in [3.63, 3.8) is 0 Å². The lowest BCUT2D eigenvalue weighted by Gasteiger charge is -2.34. The zero-order valence-corrected chi connectivity index (χ0v) is 22.4. The third-order valence-corrected chi connectivity index (χ3v) is 7.52. The maximum absolute atomic E-state index is 12.6. The Hall–Kier alpha value is -3.13. The highest BCUT2D eigenvalue weighted by molar-refractivity contribution is 5.97. The number of nitrogens with zero attached hydrogens (tertiary/aromatic N) is 3. The minimum atomic E-state index is -0.510. The topological polar surface area (TPSA) is 103 Å². The van der Waals surface area contributed by atoms with Gasteiger partial charge in [0, 0.05) is 48.0 Å². The predicted molar refractivity (Wildman–Crippen MR) is 146 cm³/mol. The summed E-state index contributed by atoms with van der Waals surface area (Å²) in [7, 11) is 0. The zero-order valence-electron chi connectivity index (χ0n) is 22.4. The second-order valence-electron chi connectivity index (χ2n) is 11.6. The Kier molecular flexibility index (Phi) is 7.12. The molecule has 2 fully saturated rings. The van der Waals surface area contributed by atoms with Gasteiger partial charge in [0.25, 0.3) is 0 Å². The highest BCUT2D eigenvalue weighted by Gasteiger charge is 2.28. The first-order chi connectivity index (χ1) is 17.7. The molecule has 1 aliphatic heterocycles. The van der Waals surface area contributed by atoms with E-state index in [9.17, 15) is 9.90 Å². The van der Waals surface area contributed by atoms with Gasteiger partial charge in [0.2, 0.25) is 5.95 Å². The summed E-state index contributed by atoms with van der Waals surface area (Å²) < 4.78 is 5.57. The van der Waals surface area contributed by atoms with Gasteiger partial charge >= 0.3 is 6.09 Å². The first-order valence-corrected chi connectivity index (χ1v) is 13.5. The molecule has 198 valence electrons. The van der Waals surface area contributed by atoms with Crippen molar-refractivity contribution in [3.8, 4) is 11.3 Å². The molecule has 1 amide bonds. The summed E-state index contributed by atoms with van der Waals surface area (Å²) >= 11 is 0. The molecule has 0 unspecified atom stereocenters. The number of ether oxygens (including phenoxy) is 1. The van der Waals surface area contributed by atoms with Crippen LogP contribution in [-0.2, 0) is 4.74 Å². The van der Waals surface area contributed by atoms with E-state index in [-0.39, 0.29) is 18.2 Å². The van der Waals surface area contributed by atoms with E-state index in [0.29, 0.717) is 25.0 Å². The van der Waals surface area contributed by atoms with Crippen molar-refractivity contribution in [3.05, 3.63) is 41.7 Å². The van der Waals surface area contributed by atoms with E-state index >= 15 is 0 Å². The molecule has 3 N–H and O–H groups in total. The normalized spacial score (nSPS) is 22.7. The second kappa shape index (κ2) is 10.3. The van der Waals surface area contributed by atoms with Gasteiger partial charge in [0.1, 0.15) is 5.60 Å². The van der Waals surface area contributed by atoms with Gasteiger partial charge in [0.05, 0.1) is 11.8 Å². The number of para-hydroxylation sites is 1. The van der Waals surface area contributed by atoms with Crippen molar-refractivity contribution in [1.82, 2.24) is 19.9 Å². The summed E-state index contributed by atoms with van der Waals surface area (Å²) in [6, 6.07) is 6.55. The van der Waals surface area contributed by atoms with Crippen molar-refractivity contribution in [2.45, 2.75) is 89.9 Å². The number of amides is 1. The summed E-state index contributed by atoms with van der Waals surface area (Å²) in [6.07, 6.45) is 9.07. The summed E-state index contributed by atoms with van der Waals surface area (Å²) in [5.74, 6) is 1.03. The van der Waals surface area contributed by atoms with E-state index in [1.165, 1.54) is 5.56 Å². The van der Waals surface area contributed by atoms with Crippen molar-refractivity contribution < 1.29 is 14.6 Å². The SMILES string of the molecule is Cc1cnc(N[C@H]2CCCN(C(=O)OC(C)(C)C)C2)nc1-c1c[nH]c2c(C3CCC(O)CC3)cccc12. The average Bonchev–Trinajstić information content (AvgIpc) is 3.29. The molecule has 0 spiro atoms. The van der Waals surface area contributed by atoms with Crippen LogP contribution in [0.1, 0.15) is 76.3 Å². The monoisotopic (exact) mass is 505 g/mol. The molecule has 8 heteroatoms. The lowest BCUT2D eigenvalue weighted by atomic mass is 9.82. The Morgan fingerprint density at radius 2 is 1.97 bits per heavy atom. The number of aryl methyl sites for hydroxylation is 1. The van der Waals surface area contributed by atoms with Crippen molar-refractivity contribution >= 4 is 22.9 Å². The van der Waals surface area contributed by atoms with Crippen LogP contribution in [0, 0.1) is 6.92 Å². The molecule has 1 aromatic carbocycles. The van der Waals surface area contributed by atoms with Gasteiger partial charge in [-0.3, -0.25) is 0 Å². The molecule has 0 bridgehead atoms. The van der Waals surface area contributed by atoms with Gasteiger partial charge < -0.3 is 25.0 Å². The van der Waals surface area contributed by atoms with Crippen LogP contribution in [-0.4, -0.2) is 61.9 Å². The van der Waals surface area contributed by atoms with Crippen LogP contribution < -0.4 is 5.32 Å². The van der Waals surface area contributed by atoms with Gasteiger partial charge in [-0.05, 0) is 83.3 Å². The number of nitrogens with one attached hydrogen (secondary N) is 2. The molecule has 3 heterocycles. The van der Waals surface area contributed by atoms with Crippen LogP contribution in [0.3, 0.4) is 0 Å². The number of hydrogen-bond acceptors (Lipinski definition) is 6. The van der Waals surface area contributed by atoms with Gasteiger partial charge in [-0.2, -0.15) is 0 Å². The van der Waals surface area contributed by atoms with Gasteiger partial charge in [-0.25, -0.2) is 14.8 Å². The van der Waals surface area contributed by atoms with Crippen LogP contribution in [0.25, 0.3) is 22.2 Å². The average molecular weight is 506 g/mol. The number of H-pyrrole nitrogens is 1. The fourth-order valence-electron chi connectivity index (χ4n) is 5.65. The number of aromatic amines is 1. The standard InChI is InChI=1S/C29H39N5O3/c1-18-15-31-27(32-20-7-6-14-34(17-20)28(36)37-29(2,3)4)33-25(18)24-16-30-26-22(8-5-9-23(24)26)19-10-12-21(35)13-11-19/h5,8-9,15-16,19-21,30,35H,6-7,10-14,17H2,1-4H3,(H,31,32,33)/t19?,20-,21?/m0/s1. The van der Waals surface area contributed by atoms with E-state index in [1.807, 2.05) is 33.9 Å². The number of aliphatic hydroxyl groups excluding tert-OH is 1. The first-order valence-electron chi connectivity index (χ1n) is 13.5. The molecule has 2 aliphatic rings. The molecule has 3 aromatic rings. The maximum atomic E-state index is 12.6. The molecular formula is C29H39N5O3. The Morgan fingerprint density at radius 3 is 2.73 bits per heavy atom. The molecule has 8 nitrogen and oxygen atoms in total. The quantitative estimate of drug-likeness (QED) is 0.416. The van der Waals surface area contributed by atoms with Crippen LogP contribution in [0.15, 0.2) is 30.6 Å². The van der Waals surface area contributed by atoms with Gasteiger partial charge in [0.15, 0.2) is 0 Å². The summed E-state index contributed by atoms with van der Waals surface area (Å²) in [5.41, 5.74) is 4.95. The fourth-order valence-corrected chi connectivity index (χ4v) is 5.65. The number of piperidine rings is 1. The number of carbonyl (C=O) groups excluding carboxylic acids is 1. The number of likely N-dealkylation sites (tertiary alicyclic amines) is 1. The lowest BCUT2D eigenvalue weighted by molar-refractivity contribution is 0.0206. The Morgan fingerprint density at radius 1 is 1.19 bits per heavy atom.